The van der Waals surface area contributed by atoms with Crippen LogP contribution >= 0.6 is 0 Å². The van der Waals surface area contributed by atoms with Crippen LogP contribution in [-0.2, 0) is 9.47 Å². The van der Waals surface area contributed by atoms with Crippen molar-refractivity contribution in [3.05, 3.63) is 24.0 Å². The van der Waals surface area contributed by atoms with Crippen LogP contribution in [0.4, 0.5) is 0 Å². The van der Waals surface area contributed by atoms with Crippen LogP contribution in [0.3, 0.4) is 0 Å². The van der Waals surface area contributed by atoms with Gasteiger partial charge in [0.2, 0.25) is 0 Å². The Labute approximate surface area is 101 Å². The molecule has 2 heterocycles. The highest BCUT2D eigenvalue weighted by Gasteiger charge is 2.41. The molecule has 1 aliphatic heterocycles. The van der Waals surface area contributed by atoms with Crippen molar-refractivity contribution in [1.82, 2.24) is 4.98 Å². The number of nitrogens with zero attached hydrogens (tertiary/aromatic N) is 1. The van der Waals surface area contributed by atoms with Crippen molar-refractivity contribution < 1.29 is 14.6 Å². The van der Waals surface area contributed by atoms with Gasteiger partial charge in [-0.05, 0) is 25.0 Å². The number of ether oxygens (including phenoxy) is 2. The van der Waals surface area contributed by atoms with Gasteiger partial charge in [-0.1, -0.05) is 0 Å². The fourth-order valence-electron chi connectivity index (χ4n) is 2.84. The molecular weight excluding hydrogens is 218 g/mol. The van der Waals surface area contributed by atoms with Crippen molar-refractivity contribution in [3.8, 4) is 5.75 Å². The largest absolute Gasteiger partial charge is 0.506 e. The van der Waals surface area contributed by atoms with Gasteiger partial charge in [0.1, 0.15) is 5.75 Å². The molecule has 1 saturated heterocycles. The lowest BCUT2D eigenvalue weighted by Crippen LogP contribution is -2.34. The Balaban J connectivity index is 1.71. The molecule has 0 aromatic carbocycles. The van der Waals surface area contributed by atoms with Gasteiger partial charge in [-0.15, -0.1) is 0 Å². The van der Waals surface area contributed by atoms with Crippen molar-refractivity contribution in [3.63, 3.8) is 0 Å². The van der Waals surface area contributed by atoms with Crippen LogP contribution in [0, 0.1) is 0 Å². The summed E-state index contributed by atoms with van der Waals surface area (Å²) >= 11 is 0. The second-order valence-corrected chi connectivity index (χ2v) is 4.79. The maximum absolute atomic E-state index is 9.79. The summed E-state index contributed by atoms with van der Waals surface area (Å²) in [4.78, 5) is 4.29. The molecule has 4 nitrogen and oxygen atoms in total. The van der Waals surface area contributed by atoms with Crippen molar-refractivity contribution in [2.45, 2.75) is 37.4 Å². The zero-order valence-electron chi connectivity index (χ0n) is 9.76. The SMILES string of the molecule is Oc1cccnc1C1CCC2(CC1)OCCO2. The summed E-state index contributed by atoms with van der Waals surface area (Å²) < 4.78 is 11.4. The van der Waals surface area contributed by atoms with Gasteiger partial charge in [-0.25, -0.2) is 0 Å². The maximum atomic E-state index is 9.79. The summed E-state index contributed by atoms with van der Waals surface area (Å²) in [7, 11) is 0. The third kappa shape index (κ3) is 2.03. The van der Waals surface area contributed by atoms with Crippen LogP contribution in [0.2, 0.25) is 0 Å². The highest BCUT2D eigenvalue weighted by atomic mass is 16.7. The Hall–Kier alpha value is -1.13. The molecule has 1 aromatic heterocycles. The molecule has 92 valence electrons. The number of hydrogen-bond donors (Lipinski definition) is 1. The molecule has 1 N–H and O–H groups in total. The van der Waals surface area contributed by atoms with Crippen LogP contribution in [0.25, 0.3) is 0 Å². The standard InChI is InChI=1S/C13H17NO3/c15-11-2-1-7-14-12(11)10-3-5-13(6-4-10)16-8-9-17-13/h1-2,7,10,15H,3-6,8-9H2. The second kappa shape index (κ2) is 4.27. The maximum Gasteiger partial charge on any atom is 0.168 e. The Morgan fingerprint density at radius 1 is 1.24 bits per heavy atom. The molecular formula is C13H17NO3. The molecule has 0 unspecified atom stereocenters. The van der Waals surface area contributed by atoms with Gasteiger partial charge >= 0.3 is 0 Å². The molecule has 2 fully saturated rings. The zero-order chi connectivity index (χ0) is 11.7. The molecule has 1 aliphatic carbocycles. The molecule has 0 atom stereocenters. The van der Waals surface area contributed by atoms with Crippen LogP contribution < -0.4 is 0 Å². The van der Waals surface area contributed by atoms with E-state index >= 15 is 0 Å². The highest BCUT2D eigenvalue weighted by molar-refractivity contribution is 5.28. The van der Waals surface area contributed by atoms with Gasteiger partial charge in [0.05, 0.1) is 18.9 Å². The van der Waals surface area contributed by atoms with Crippen LogP contribution in [0.1, 0.15) is 37.3 Å². The summed E-state index contributed by atoms with van der Waals surface area (Å²) in [5, 5.41) is 9.79. The third-order valence-electron chi connectivity index (χ3n) is 3.76. The molecule has 0 radical (unpaired) electrons. The van der Waals surface area contributed by atoms with Crippen molar-refractivity contribution in [2.75, 3.05) is 13.2 Å². The third-order valence-corrected chi connectivity index (χ3v) is 3.76. The fraction of sp³-hybridized carbons (Fsp3) is 0.615. The highest BCUT2D eigenvalue weighted by Crippen LogP contribution is 2.43. The van der Waals surface area contributed by atoms with E-state index in [2.05, 4.69) is 4.98 Å². The monoisotopic (exact) mass is 235 g/mol. The number of aromatic hydroxyl groups is 1. The Bertz CT molecular complexity index is 391. The normalized spacial score (nSPS) is 24.2. The lowest BCUT2D eigenvalue weighted by Gasteiger charge is -2.35. The van der Waals surface area contributed by atoms with Crippen molar-refractivity contribution >= 4 is 0 Å². The Kier molecular flexibility index (Phi) is 2.76. The van der Waals surface area contributed by atoms with Crippen molar-refractivity contribution in [1.29, 1.82) is 0 Å². The Morgan fingerprint density at radius 3 is 2.59 bits per heavy atom. The average molecular weight is 235 g/mol. The number of aromatic nitrogens is 1. The summed E-state index contributed by atoms with van der Waals surface area (Å²) in [5.41, 5.74) is 0.820. The van der Waals surface area contributed by atoms with E-state index in [9.17, 15) is 5.11 Å². The smallest absolute Gasteiger partial charge is 0.168 e. The van der Waals surface area contributed by atoms with Gasteiger partial charge in [0.25, 0.3) is 0 Å². The second-order valence-electron chi connectivity index (χ2n) is 4.79. The first kappa shape index (κ1) is 11.0. The minimum atomic E-state index is -0.332. The molecule has 1 saturated carbocycles. The van der Waals surface area contributed by atoms with E-state index in [-0.39, 0.29) is 5.79 Å². The predicted octanol–water partition coefficient (Wildman–Crippen LogP) is 2.19. The fourth-order valence-corrected chi connectivity index (χ4v) is 2.84. The summed E-state index contributed by atoms with van der Waals surface area (Å²) in [6, 6.07) is 3.46. The van der Waals surface area contributed by atoms with Gasteiger partial charge in [0, 0.05) is 25.0 Å². The van der Waals surface area contributed by atoms with Crippen molar-refractivity contribution in [2.24, 2.45) is 0 Å². The summed E-state index contributed by atoms with van der Waals surface area (Å²) in [6.45, 7) is 1.42. The van der Waals surface area contributed by atoms with Crippen LogP contribution in [-0.4, -0.2) is 29.1 Å². The first-order valence-corrected chi connectivity index (χ1v) is 6.21. The molecule has 0 bridgehead atoms. The van der Waals surface area contributed by atoms with Gasteiger partial charge in [0.15, 0.2) is 5.79 Å². The lowest BCUT2D eigenvalue weighted by atomic mass is 9.83. The first-order chi connectivity index (χ1) is 8.29. The zero-order valence-corrected chi connectivity index (χ0v) is 9.76. The van der Waals surface area contributed by atoms with E-state index in [1.165, 1.54) is 0 Å². The predicted molar refractivity (Wildman–Crippen MR) is 61.7 cm³/mol. The molecule has 1 aromatic rings. The van der Waals surface area contributed by atoms with Crippen LogP contribution in [0.15, 0.2) is 18.3 Å². The molecule has 3 rings (SSSR count). The number of pyridine rings is 1. The summed E-state index contributed by atoms with van der Waals surface area (Å²) in [6.07, 6.45) is 5.46. The molecule has 0 amide bonds. The molecule has 1 spiro atoms. The molecule has 17 heavy (non-hydrogen) atoms. The van der Waals surface area contributed by atoms with E-state index in [4.69, 9.17) is 9.47 Å². The minimum Gasteiger partial charge on any atom is -0.506 e. The first-order valence-electron chi connectivity index (χ1n) is 6.21. The number of hydrogen-bond acceptors (Lipinski definition) is 4. The lowest BCUT2D eigenvalue weighted by molar-refractivity contribution is -0.179. The quantitative estimate of drug-likeness (QED) is 0.810. The van der Waals surface area contributed by atoms with E-state index in [1.807, 2.05) is 0 Å². The molecule has 2 aliphatic rings. The molecule has 4 heteroatoms. The topological polar surface area (TPSA) is 51.6 Å². The van der Waals surface area contributed by atoms with E-state index in [1.54, 1.807) is 18.3 Å². The van der Waals surface area contributed by atoms with E-state index in [0.717, 1.165) is 31.4 Å². The van der Waals surface area contributed by atoms with Gasteiger partial charge in [-0.2, -0.15) is 0 Å². The van der Waals surface area contributed by atoms with Crippen LogP contribution in [0.5, 0.6) is 5.75 Å². The number of rotatable bonds is 1. The minimum absolute atomic E-state index is 0.307. The average Bonchev–Trinajstić information content (AvgIpc) is 2.80. The van der Waals surface area contributed by atoms with E-state index in [0.29, 0.717) is 24.9 Å². The van der Waals surface area contributed by atoms with Gasteiger partial charge in [-0.3, -0.25) is 4.98 Å². The Morgan fingerprint density at radius 2 is 1.94 bits per heavy atom. The van der Waals surface area contributed by atoms with E-state index < -0.39 is 0 Å². The van der Waals surface area contributed by atoms with Gasteiger partial charge < -0.3 is 14.6 Å². The summed E-state index contributed by atoms with van der Waals surface area (Å²) in [5.74, 6) is 0.303.